The fourth-order valence-corrected chi connectivity index (χ4v) is 2.77. The summed E-state index contributed by atoms with van der Waals surface area (Å²) in [5.41, 5.74) is 0.190. The summed E-state index contributed by atoms with van der Waals surface area (Å²) < 4.78 is 11.2. The summed E-state index contributed by atoms with van der Waals surface area (Å²) in [6, 6.07) is 6.67. The van der Waals surface area contributed by atoms with E-state index in [0.717, 1.165) is 24.6 Å². The number of carbonyl (C=O) groups excluding carboxylic acids is 1. The summed E-state index contributed by atoms with van der Waals surface area (Å²) >= 11 is 0. The molecule has 1 aliphatic rings. The Bertz CT molecular complexity index is 726. The Hall–Kier alpha value is -2.38. The molecule has 7 nitrogen and oxygen atoms in total. The molecule has 128 valence electrons. The van der Waals surface area contributed by atoms with E-state index in [1.54, 1.807) is 0 Å². The average molecular weight is 331 g/mol. The number of carbonyl (C=O) groups is 1. The van der Waals surface area contributed by atoms with Crippen molar-refractivity contribution in [3.8, 4) is 0 Å². The van der Waals surface area contributed by atoms with E-state index < -0.39 is 0 Å². The van der Waals surface area contributed by atoms with Gasteiger partial charge in [0.05, 0.1) is 24.8 Å². The molecular weight excluding hydrogens is 310 g/mol. The van der Waals surface area contributed by atoms with Crippen molar-refractivity contribution in [1.82, 2.24) is 15.2 Å². The summed E-state index contributed by atoms with van der Waals surface area (Å²) in [6.07, 6.45) is 1.42. The van der Waals surface area contributed by atoms with E-state index in [1.165, 1.54) is 18.3 Å². The van der Waals surface area contributed by atoms with Crippen molar-refractivity contribution in [2.45, 2.75) is 13.0 Å². The first kappa shape index (κ1) is 16.5. The molecule has 0 radical (unpaired) electrons. The fourth-order valence-electron chi connectivity index (χ4n) is 2.77. The maximum Gasteiger partial charge on any atom is 0.252 e. The first-order valence-electron chi connectivity index (χ1n) is 7.98. The van der Waals surface area contributed by atoms with Crippen molar-refractivity contribution in [3.05, 3.63) is 57.9 Å². The van der Waals surface area contributed by atoms with Crippen LogP contribution in [0.2, 0.25) is 0 Å². The third-order valence-corrected chi connectivity index (χ3v) is 4.08. The lowest BCUT2D eigenvalue weighted by Crippen LogP contribution is -2.43. The second-order valence-electron chi connectivity index (χ2n) is 5.76. The van der Waals surface area contributed by atoms with Crippen LogP contribution in [0.25, 0.3) is 0 Å². The molecule has 1 saturated heterocycles. The molecule has 0 aromatic carbocycles. The summed E-state index contributed by atoms with van der Waals surface area (Å²) in [7, 11) is 0. The highest BCUT2D eigenvalue weighted by molar-refractivity contribution is 5.93. The Morgan fingerprint density at radius 1 is 1.29 bits per heavy atom. The molecule has 24 heavy (non-hydrogen) atoms. The van der Waals surface area contributed by atoms with E-state index in [9.17, 15) is 9.59 Å². The highest BCUT2D eigenvalue weighted by Gasteiger charge is 2.25. The quantitative estimate of drug-likeness (QED) is 0.856. The topological polar surface area (TPSA) is 87.6 Å². The van der Waals surface area contributed by atoms with Gasteiger partial charge in [0.25, 0.3) is 5.91 Å². The van der Waals surface area contributed by atoms with Crippen LogP contribution in [-0.2, 0) is 4.74 Å². The number of aryl methyl sites for hydroxylation is 1. The van der Waals surface area contributed by atoms with Crippen molar-refractivity contribution in [1.29, 1.82) is 0 Å². The molecule has 1 amide bonds. The zero-order chi connectivity index (χ0) is 16.9. The standard InChI is InChI=1S/C17H21N3O4/c1-12-2-4-15(24-12)14(20-6-8-23-9-7-20)11-19-17(22)13-3-5-16(21)18-10-13/h2-5,10,14H,6-9,11H2,1H3,(H,18,21)(H,19,22). The van der Waals surface area contributed by atoms with Crippen LogP contribution in [0.1, 0.15) is 27.9 Å². The van der Waals surface area contributed by atoms with E-state index >= 15 is 0 Å². The number of hydrogen-bond acceptors (Lipinski definition) is 5. The number of pyridine rings is 1. The second-order valence-corrected chi connectivity index (χ2v) is 5.76. The molecule has 0 aliphatic carbocycles. The number of nitrogens with zero attached hydrogens (tertiary/aromatic N) is 1. The zero-order valence-electron chi connectivity index (χ0n) is 13.6. The number of rotatable bonds is 5. The van der Waals surface area contributed by atoms with Gasteiger partial charge >= 0.3 is 0 Å². The van der Waals surface area contributed by atoms with Gasteiger partial charge in [0.15, 0.2) is 0 Å². The van der Waals surface area contributed by atoms with Gasteiger partial charge in [0.1, 0.15) is 11.5 Å². The zero-order valence-corrected chi connectivity index (χ0v) is 13.6. The van der Waals surface area contributed by atoms with Crippen molar-refractivity contribution in [2.75, 3.05) is 32.8 Å². The lowest BCUT2D eigenvalue weighted by Gasteiger charge is -2.33. The predicted octanol–water partition coefficient (Wildman–Crippen LogP) is 1.08. The van der Waals surface area contributed by atoms with Crippen LogP contribution in [0.3, 0.4) is 0 Å². The van der Waals surface area contributed by atoms with Crippen LogP contribution in [0.15, 0.2) is 39.7 Å². The maximum atomic E-state index is 12.3. The molecule has 2 aromatic heterocycles. The summed E-state index contributed by atoms with van der Waals surface area (Å²) in [5.74, 6) is 1.44. The van der Waals surface area contributed by atoms with E-state index in [1.807, 2.05) is 19.1 Å². The maximum absolute atomic E-state index is 12.3. The Labute approximate surface area is 139 Å². The van der Waals surface area contributed by atoms with Crippen LogP contribution < -0.4 is 10.9 Å². The summed E-state index contributed by atoms with van der Waals surface area (Å²) in [4.78, 5) is 28.1. The average Bonchev–Trinajstić information content (AvgIpc) is 3.02. The SMILES string of the molecule is Cc1ccc(C(CNC(=O)c2ccc(=O)[nH]c2)N2CCOCC2)o1. The molecule has 1 unspecified atom stereocenters. The number of furan rings is 1. The van der Waals surface area contributed by atoms with Crippen molar-refractivity contribution in [3.63, 3.8) is 0 Å². The Balaban J connectivity index is 1.70. The number of aromatic amines is 1. The first-order valence-corrected chi connectivity index (χ1v) is 7.98. The van der Waals surface area contributed by atoms with E-state index in [-0.39, 0.29) is 17.5 Å². The minimum absolute atomic E-state index is 0.0469. The molecule has 2 aromatic rings. The van der Waals surface area contributed by atoms with Gasteiger partial charge in [-0.15, -0.1) is 0 Å². The van der Waals surface area contributed by atoms with Crippen LogP contribution >= 0.6 is 0 Å². The van der Waals surface area contributed by atoms with E-state index in [4.69, 9.17) is 9.15 Å². The molecule has 3 heterocycles. The van der Waals surface area contributed by atoms with Crippen LogP contribution in [0.4, 0.5) is 0 Å². The number of hydrogen-bond donors (Lipinski definition) is 2. The Kier molecular flexibility index (Phi) is 5.12. The highest BCUT2D eigenvalue weighted by Crippen LogP contribution is 2.23. The molecule has 2 N–H and O–H groups in total. The number of amides is 1. The van der Waals surface area contributed by atoms with Gasteiger partial charge in [-0.3, -0.25) is 14.5 Å². The predicted molar refractivity (Wildman–Crippen MR) is 88.0 cm³/mol. The lowest BCUT2D eigenvalue weighted by atomic mass is 10.1. The summed E-state index contributed by atoms with van der Waals surface area (Å²) in [6.45, 7) is 5.25. The largest absolute Gasteiger partial charge is 0.465 e. The van der Waals surface area contributed by atoms with E-state index in [0.29, 0.717) is 25.3 Å². The van der Waals surface area contributed by atoms with E-state index in [2.05, 4.69) is 15.2 Å². The fraction of sp³-hybridized carbons (Fsp3) is 0.412. The monoisotopic (exact) mass is 331 g/mol. The Morgan fingerprint density at radius 2 is 2.08 bits per heavy atom. The smallest absolute Gasteiger partial charge is 0.252 e. The van der Waals surface area contributed by atoms with Gasteiger partial charge in [0, 0.05) is 31.9 Å². The van der Waals surface area contributed by atoms with Crippen molar-refractivity contribution >= 4 is 5.91 Å². The van der Waals surface area contributed by atoms with Crippen molar-refractivity contribution in [2.24, 2.45) is 0 Å². The Morgan fingerprint density at radius 3 is 2.71 bits per heavy atom. The number of ether oxygens (including phenoxy) is 1. The number of H-pyrrole nitrogens is 1. The normalized spacial score (nSPS) is 16.7. The van der Waals surface area contributed by atoms with Gasteiger partial charge in [0.2, 0.25) is 5.56 Å². The molecular formula is C17H21N3O4. The molecule has 1 atom stereocenters. The molecule has 3 rings (SSSR count). The summed E-state index contributed by atoms with van der Waals surface area (Å²) in [5, 5.41) is 2.92. The minimum Gasteiger partial charge on any atom is -0.465 e. The number of aromatic nitrogens is 1. The third-order valence-electron chi connectivity index (χ3n) is 4.08. The number of morpholine rings is 1. The van der Waals surface area contributed by atoms with Crippen LogP contribution in [0, 0.1) is 6.92 Å². The highest BCUT2D eigenvalue weighted by atomic mass is 16.5. The molecule has 0 saturated carbocycles. The van der Waals surface area contributed by atoms with Crippen LogP contribution in [0.5, 0.6) is 0 Å². The second kappa shape index (κ2) is 7.46. The van der Waals surface area contributed by atoms with Gasteiger partial charge in [-0.25, -0.2) is 0 Å². The molecule has 7 heteroatoms. The lowest BCUT2D eigenvalue weighted by molar-refractivity contribution is 0.0117. The minimum atomic E-state index is -0.233. The van der Waals surface area contributed by atoms with Gasteiger partial charge in [-0.05, 0) is 25.1 Å². The van der Waals surface area contributed by atoms with Gasteiger partial charge in [-0.2, -0.15) is 0 Å². The number of nitrogens with one attached hydrogen (secondary N) is 2. The third kappa shape index (κ3) is 3.93. The first-order chi connectivity index (χ1) is 11.6. The van der Waals surface area contributed by atoms with Crippen molar-refractivity contribution < 1.29 is 13.9 Å². The molecule has 0 spiro atoms. The van der Waals surface area contributed by atoms with Gasteiger partial charge in [-0.1, -0.05) is 0 Å². The molecule has 0 bridgehead atoms. The molecule has 1 aliphatic heterocycles. The molecule has 1 fully saturated rings. The van der Waals surface area contributed by atoms with Gasteiger partial charge < -0.3 is 19.5 Å². The van der Waals surface area contributed by atoms with Crippen LogP contribution in [-0.4, -0.2) is 48.6 Å².